The topological polar surface area (TPSA) is 131 Å². The van der Waals surface area contributed by atoms with Crippen molar-refractivity contribution in [2.75, 3.05) is 13.2 Å². The molecule has 0 bridgehead atoms. The largest absolute Gasteiger partial charge is 0.481 e. The minimum atomic E-state index is -1.47. The zero-order chi connectivity index (χ0) is 28.7. The van der Waals surface area contributed by atoms with E-state index in [9.17, 15) is 14.4 Å². The van der Waals surface area contributed by atoms with E-state index in [1.807, 2.05) is 22.8 Å². The number of urea groups is 1. The van der Waals surface area contributed by atoms with Crippen LogP contribution in [0.25, 0.3) is 22.4 Å². The molecule has 41 heavy (non-hydrogen) atoms. The van der Waals surface area contributed by atoms with Crippen molar-refractivity contribution in [1.29, 1.82) is 0 Å². The summed E-state index contributed by atoms with van der Waals surface area (Å²) in [6.45, 7) is 6.30. The molecule has 2 N–H and O–H groups in total. The molecule has 4 aromatic rings. The lowest BCUT2D eigenvalue weighted by Crippen LogP contribution is -2.52. The van der Waals surface area contributed by atoms with Gasteiger partial charge in [-0.2, -0.15) is 0 Å². The van der Waals surface area contributed by atoms with Crippen LogP contribution in [0, 0.1) is 11.8 Å². The van der Waals surface area contributed by atoms with E-state index < -0.39 is 17.5 Å². The van der Waals surface area contributed by atoms with Gasteiger partial charge < -0.3 is 19.5 Å². The van der Waals surface area contributed by atoms with Gasteiger partial charge in [0.25, 0.3) is 11.8 Å². The number of fused-ring (bicyclic) bond motifs is 2. The fraction of sp³-hybridized carbons (Fsp3) is 0.267. The molecule has 1 atom stereocenters. The van der Waals surface area contributed by atoms with Gasteiger partial charge in [-0.05, 0) is 44.0 Å². The third kappa shape index (κ3) is 4.43. The number of hydrogen-bond acceptors (Lipinski definition) is 7. The Bertz CT molecular complexity index is 1770. The standard InChI is InChI=1S/C30H27N7O4/c1-4-5-12-41-22-11-8-20-14-36(27(38)23(20)13-22)15-30(28(39)34-29(40)35-30)21-9-6-19(7-10-21)24-25-26(32-16-31-24)37(17-33-25)18(2)3/h6-11,13,16-18H,12,14-15H2,1-3H3,(H2,34,35,39,40). The number of amides is 4. The molecule has 6 rings (SSSR count). The lowest BCUT2D eigenvalue weighted by Gasteiger charge is -2.31. The minimum Gasteiger partial charge on any atom is -0.481 e. The van der Waals surface area contributed by atoms with Crippen molar-refractivity contribution in [1.82, 2.24) is 35.1 Å². The molecule has 1 unspecified atom stereocenters. The van der Waals surface area contributed by atoms with Crippen LogP contribution in [0.4, 0.5) is 4.79 Å². The highest BCUT2D eigenvalue weighted by Gasteiger charge is 2.50. The van der Waals surface area contributed by atoms with Crippen LogP contribution in [0.15, 0.2) is 55.1 Å². The summed E-state index contributed by atoms with van der Waals surface area (Å²) in [7, 11) is 0. The monoisotopic (exact) mass is 549 g/mol. The molecule has 0 saturated carbocycles. The van der Waals surface area contributed by atoms with Gasteiger partial charge in [-0.3, -0.25) is 14.9 Å². The van der Waals surface area contributed by atoms with Crippen LogP contribution in [0.1, 0.15) is 48.3 Å². The molecule has 11 nitrogen and oxygen atoms in total. The molecule has 2 aliphatic rings. The van der Waals surface area contributed by atoms with E-state index in [-0.39, 0.29) is 25.1 Å². The molecule has 0 radical (unpaired) electrons. The Balaban J connectivity index is 1.30. The molecule has 11 heteroatoms. The van der Waals surface area contributed by atoms with Gasteiger partial charge in [0.05, 0.1) is 12.9 Å². The maximum atomic E-state index is 13.4. The second kappa shape index (κ2) is 10.1. The first-order valence-electron chi connectivity index (χ1n) is 13.2. The van der Waals surface area contributed by atoms with E-state index in [0.717, 1.165) is 16.8 Å². The number of nitrogens with one attached hydrogen (secondary N) is 2. The van der Waals surface area contributed by atoms with E-state index >= 15 is 0 Å². The van der Waals surface area contributed by atoms with Crippen molar-refractivity contribution >= 4 is 29.0 Å². The number of nitrogens with zero attached hydrogens (tertiary/aromatic N) is 5. The van der Waals surface area contributed by atoms with Crippen molar-refractivity contribution in [3.63, 3.8) is 0 Å². The van der Waals surface area contributed by atoms with Crippen molar-refractivity contribution in [3.8, 4) is 28.8 Å². The summed E-state index contributed by atoms with van der Waals surface area (Å²) in [5.41, 5.74) is 3.21. The van der Waals surface area contributed by atoms with Crippen LogP contribution in [0.2, 0.25) is 0 Å². The average Bonchev–Trinajstić information content (AvgIpc) is 3.62. The van der Waals surface area contributed by atoms with E-state index in [1.165, 1.54) is 6.33 Å². The SMILES string of the molecule is CC#CCOc1ccc2c(c1)C(=O)N(CC1(c3ccc(-c4ncnc5c4ncn5C(C)C)cc3)NC(=O)NC1=O)C2. The number of imide groups is 1. The van der Waals surface area contributed by atoms with E-state index in [1.54, 1.807) is 42.4 Å². The molecule has 0 aliphatic carbocycles. The van der Waals surface area contributed by atoms with Crippen LogP contribution in [0.3, 0.4) is 0 Å². The highest BCUT2D eigenvalue weighted by Crippen LogP contribution is 2.34. The smallest absolute Gasteiger partial charge is 0.322 e. The van der Waals surface area contributed by atoms with Gasteiger partial charge in [0.2, 0.25) is 0 Å². The fourth-order valence-corrected chi connectivity index (χ4v) is 5.29. The molecule has 4 heterocycles. The zero-order valence-electron chi connectivity index (χ0n) is 22.8. The Morgan fingerprint density at radius 3 is 2.59 bits per heavy atom. The number of carbonyl (C=O) groups excluding carboxylic acids is 3. The second-order valence-corrected chi connectivity index (χ2v) is 10.2. The number of imidazole rings is 1. The van der Waals surface area contributed by atoms with Gasteiger partial charge in [0.15, 0.2) is 11.2 Å². The van der Waals surface area contributed by atoms with Gasteiger partial charge in [-0.25, -0.2) is 19.7 Å². The third-order valence-electron chi connectivity index (χ3n) is 7.38. The first kappa shape index (κ1) is 26.0. The van der Waals surface area contributed by atoms with Gasteiger partial charge >= 0.3 is 6.03 Å². The Morgan fingerprint density at radius 2 is 1.88 bits per heavy atom. The van der Waals surface area contributed by atoms with Gasteiger partial charge in [0, 0.05) is 23.7 Å². The van der Waals surface area contributed by atoms with Crippen molar-refractivity contribution < 1.29 is 19.1 Å². The molecule has 4 amide bonds. The molecule has 2 aliphatic heterocycles. The first-order valence-corrected chi connectivity index (χ1v) is 13.2. The summed E-state index contributed by atoms with van der Waals surface area (Å²) in [5.74, 6) is 5.36. The van der Waals surface area contributed by atoms with Crippen LogP contribution in [-0.4, -0.2) is 55.4 Å². The van der Waals surface area contributed by atoms with E-state index in [2.05, 4.69) is 51.3 Å². The lowest BCUT2D eigenvalue weighted by atomic mass is 9.88. The van der Waals surface area contributed by atoms with Gasteiger partial charge in [0.1, 0.15) is 29.9 Å². The van der Waals surface area contributed by atoms with Gasteiger partial charge in [-0.15, -0.1) is 5.92 Å². The van der Waals surface area contributed by atoms with E-state index in [4.69, 9.17) is 4.74 Å². The molecule has 2 aromatic heterocycles. The summed E-state index contributed by atoms with van der Waals surface area (Å²) in [5, 5.41) is 5.13. The molecular weight excluding hydrogens is 522 g/mol. The number of rotatable bonds is 7. The van der Waals surface area contributed by atoms with Crippen LogP contribution >= 0.6 is 0 Å². The average molecular weight is 550 g/mol. The maximum absolute atomic E-state index is 13.4. The summed E-state index contributed by atoms with van der Waals surface area (Å²) >= 11 is 0. The number of aromatic nitrogens is 4. The third-order valence-corrected chi connectivity index (χ3v) is 7.38. The highest BCUT2D eigenvalue weighted by atomic mass is 16.5. The quantitative estimate of drug-likeness (QED) is 0.267. The predicted octanol–water partition coefficient (Wildman–Crippen LogP) is 3.17. The van der Waals surface area contributed by atoms with E-state index in [0.29, 0.717) is 34.6 Å². The molecule has 1 fully saturated rings. The summed E-state index contributed by atoms with van der Waals surface area (Å²) in [4.78, 5) is 54.0. The summed E-state index contributed by atoms with van der Waals surface area (Å²) < 4.78 is 7.59. The Morgan fingerprint density at radius 1 is 1.07 bits per heavy atom. The van der Waals surface area contributed by atoms with Crippen molar-refractivity contribution in [2.45, 2.75) is 38.9 Å². The van der Waals surface area contributed by atoms with Gasteiger partial charge in [-0.1, -0.05) is 36.3 Å². The summed E-state index contributed by atoms with van der Waals surface area (Å²) in [6, 6.07) is 12.1. The molecule has 0 spiro atoms. The Kier molecular flexibility index (Phi) is 6.38. The Hall–Kier alpha value is -5.24. The Labute approximate surface area is 235 Å². The maximum Gasteiger partial charge on any atom is 0.322 e. The predicted molar refractivity (Wildman–Crippen MR) is 150 cm³/mol. The highest BCUT2D eigenvalue weighted by molar-refractivity contribution is 6.08. The lowest BCUT2D eigenvalue weighted by molar-refractivity contribution is -0.124. The second-order valence-electron chi connectivity index (χ2n) is 10.2. The van der Waals surface area contributed by atoms with Crippen molar-refractivity contribution in [2.24, 2.45) is 0 Å². The minimum absolute atomic E-state index is 0.0501. The number of hydrogen-bond donors (Lipinski definition) is 2. The fourth-order valence-electron chi connectivity index (χ4n) is 5.29. The summed E-state index contributed by atoms with van der Waals surface area (Å²) in [6.07, 6.45) is 3.25. The molecule has 206 valence electrons. The van der Waals surface area contributed by atoms with Crippen molar-refractivity contribution in [3.05, 3.63) is 71.8 Å². The first-order chi connectivity index (χ1) is 19.8. The van der Waals surface area contributed by atoms with Crippen LogP contribution in [-0.2, 0) is 16.9 Å². The number of ether oxygens (including phenoxy) is 1. The molecule has 2 aromatic carbocycles. The molecular formula is C30H27N7O4. The van der Waals surface area contributed by atoms with Crippen LogP contribution in [0.5, 0.6) is 5.75 Å². The molecule has 1 saturated heterocycles. The number of carbonyl (C=O) groups is 3. The number of benzene rings is 2. The normalized spacial score (nSPS) is 17.9. The zero-order valence-corrected chi connectivity index (χ0v) is 22.8. The van der Waals surface area contributed by atoms with Crippen LogP contribution < -0.4 is 15.4 Å².